The number of benzene rings is 2. The monoisotopic (exact) mass is 356 g/mol. The van der Waals surface area contributed by atoms with Crippen molar-refractivity contribution >= 4 is 23.6 Å². The first-order valence-electron chi connectivity index (χ1n) is 7.54. The molecule has 0 saturated carbocycles. The van der Waals surface area contributed by atoms with Gasteiger partial charge in [-0.05, 0) is 29.3 Å². The second kappa shape index (κ2) is 8.43. The van der Waals surface area contributed by atoms with Gasteiger partial charge in [-0.25, -0.2) is 4.79 Å². The molecule has 0 saturated heterocycles. The summed E-state index contributed by atoms with van der Waals surface area (Å²) in [5, 5.41) is 22.1. The van der Waals surface area contributed by atoms with Crippen LogP contribution in [0.3, 0.4) is 0 Å². The van der Waals surface area contributed by atoms with Gasteiger partial charge in [0.25, 0.3) is 5.69 Å². The Morgan fingerprint density at radius 3 is 2.62 bits per heavy atom. The van der Waals surface area contributed by atoms with Crippen LogP contribution in [0.4, 0.5) is 5.69 Å². The first-order chi connectivity index (χ1) is 12.3. The molecule has 0 atom stereocenters. The van der Waals surface area contributed by atoms with Crippen molar-refractivity contribution in [1.29, 1.82) is 0 Å². The number of hydrogen-bond donors (Lipinski definition) is 2. The number of nitrogens with one attached hydrogen (secondary N) is 1. The Bertz CT molecular complexity index is 875. The van der Waals surface area contributed by atoms with E-state index in [9.17, 15) is 19.7 Å². The SMILES string of the molecule is CC(=O)NC(=Cc1cccc(OCc2cccc([N+](=O)[O-])c2)c1)C(=O)O. The Balaban J connectivity index is 2.14. The molecule has 0 radical (unpaired) electrons. The molecule has 0 fully saturated rings. The molecule has 0 spiro atoms. The van der Waals surface area contributed by atoms with Gasteiger partial charge in [0.05, 0.1) is 4.92 Å². The molecule has 0 aliphatic carbocycles. The normalized spacial score (nSPS) is 10.9. The summed E-state index contributed by atoms with van der Waals surface area (Å²) in [5.74, 6) is -1.29. The molecule has 0 bridgehead atoms. The number of hydrogen-bond acceptors (Lipinski definition) is 5. The van der Waals surface area contributed by atoms with Gasteiger partial charge in [-0.3, -0.25) is 14.9 Å². The van der Waals surface area contributed by atoms with E-state index in [1.165, 1.54) is 25.1 Å². The van der Waals surface area contributed by atoms with Crippen molar-refractivity contribution in [3.8, 4) is 5.75 Å². The molecule has 8 nitrogen and oxygen atoms in total. The van der Waals surface area contributed by atoms with E-state index in [4.69, 9.17) is 9.84 Å². The second-order valence-electron chi connectivity index (χ2n) is 5.33. The van der Waals surface area contributed by atoms with Crippen LogP contribution in [-0.2, 0) is 16.2 Å². The van der Waals surface area contributed by atoms with E-state index in [0.29, 0.717) is 16.9 Å². The summed E-state index contributed by atoms with van der Waals surface area (Å²) in [6.07, 6.45) is 1.31. The minimum absolute atomic E-state index is 0.0239. The largest absolute Gasteiger partial charge is 0.489 e. The van der Waals surface area contributed by atoms with Gasteiger partial charge in [-0.15, -0.1) is 0 Å². The zero-order valence-electron chi connectivity index (χ0n) is 13.8. The van der Waals surface area contributed by atoms with Crippen LogP contribution in [0.15, 0.2) is 54.2 Å². The highest BCUT2D eigenvalue weighted by atomic mass is 16.6. The van der Waals surface area contributed by atoms with E-state index >= 15 is 0 Å². The summed E-state index contributed by atoms with van der Waals surface area (Å²) in [6.45, 7) is 1.34. The summed E-state index contributed by atoms with van der Waals surface area (Å²) in [4.78, 5) is 32.5. The van der Waals surface area contributed by atoms with Crippen LogP contribution >= 0.6 is 0 Å². The Morgan fingerprint density at radius 1 is 1.23 bits per heavy atom. The molecule has 2 rings (SSSR count). The zero-order valence-corrected chi connectivity index (χ0v) is 13.8. The highest BCUT2D eigenvalue weighted by molar-refractivity contribution is 5.96. The lowest BCUT2D eigenvalue weighted by Crippen LogP contribution is -2.24. The third-order valence-corrected chi connectivity index (χ3v) is 3.24. The van der Waals surface area contributed by atoms with E-state index in [2.05, 4.69) is 5.32 Å². The molecule has 0 aromatic heterocycles. The summed E-state index contributed by atoms with van der Waals surface area (Å²) >= 11 is 0. The van der Waals surface area contributed by atoms with E-state index in [0.717, 1.165) is 0 Å². The number of nitrogens with zero attached hydrogens (tertiary/aromatic N) is 1. The van der Waals surface area contributed by atoms with Crippen molar-refractivity contribution in [1.82, 2.24) is 5.32 Å². The number of nitro benzene ring substituents is 1. The number of carboxylic acids is 1. The Labute approximate surface area is 148 Å². The van der Waals surface area contributed by atoms with Crippen molar-refractivity contribution in [3.63, 3.8) is 0 Å². The van der Waals surface area contributed by atoms with Crippen molar-refractivity contribution in [2.24, 2.45) is 0 Å². The summed E-state index contributed by atoms with van der Waals surface area (Å²) in [6, 6.07) is 12.7. The predicted octanol–water partition coefficient (Wildman–Crippen LogP) is 2.74. The number of ether oxygens (including phenoxy) is 1. The number of carboxylic acid groups (broad SMARTS) is 1. The maximum Gasteiger partial charge on any atom is 0.352 e. The Hall–Kier alpha value is -3.68. The number of rotatable bonds is 7. The van der Waals surface area contributed by atoms with E-state index in [-0.39, 0.29) is 18.0 Å². The lowest BCUT2D eigenvalue weighted by Gasteiger charge is -2.08. The highest BCUT2D eigenvalue weighted by Gasteiger charge is 2.09. The van der Waals surface area contributed by atoms with Crippen molar-refractivity contribution < 1.29 is 24.4 Å². The lowest BCUT2D eigenvalue weighted by molar-refractivity contribution is -0.384. The molecule has 8 heteroatoms. The van der Waals surface area contributed by atoms with Crippen LogP contribution < -0.4 is 10.1 Å². The number of amides is 1. The van der Waals surface area contributed by atoms with Crippen molar-refractivity contribution in [2.75, 3.05) is 0 Å². The molecule has 26 heavy (non-hydrogen) atoms. The van der Waals surface area contributed by atoms with Crippen LogP contribution in [0.2, 0.25) is 0 Å². The fourth-order valence-corrected chi connectivity index (χ4v) is 2.13. The van der Waals surface area contributed by atoms with Gasteiger partial charge in [0.2, 0.25) is 5.91 Å². The molecule has 2 N–H and O–H groups in total. The molecule has 134 valence electrons. The first kappa shape index (κ1) is 18.7. The van der Waals surface area contributed by atoms with Gasteiger partial charge in [-0.2, -0.15) is 0 Å². The maximum atomic E-state index is 11.2. The molecule has 0 unspecified atom stereocenters. The first-order valence-corrected chi connectivity index (χ1v) is 7.54. The number of carbonyl (C=O) groups excluding carboxylic acids is 1. The molecular formula is C18H16N2O6. The highest BCUT2D eigenvalue weighted by Crippen LogP contribution is 2.19. The van der Waals surface area contributed by atoms with Gasteiger partial charge < -0.3 is 15.2 Å². The van der Waals surface area contributed by atoms with Crippen LogP contribution in [0.25, 0.3) is 6.08 Å². The Kier molecular flexibility index (Phi) is 6.05. The van der Waals surface area contributed by atoms with Crippen molar-refractivity contribution in [3.05, 3.63) is 75.5 Å². The minimum atomic E-state index is -1.26. The minimum Gasteiger partial charge on any atom is -0.489 e. The topological polar surface area (TPSA) is 119 Å². The van der Waals surface area contributed by atoms with Crippen LogP contribution in [-0.4, -0.2) is 21.9 Å². The summed E-state index contributed by atoms with van der Waals surface area (Å²) in [7, 11) is 0. The lowest BCUT2D eigenvalue weighted by atomic mass is 10.1. The smallest absolute Gasteiger partial charge is 0.352 e. The van der Waals surface area contributed by atoms with Crippen LogP contribution in [0, 0.1) is 10.1 Å². The molecule has 0 aliphatic heterocycles. The number of carbonyl (C=O) groups is 2. The third kappa shape index (κ3) is 5.45. The molecule has 0 aliphatic rings. The fourth-order valence-electron chi connectivity index (χ4n) is 2.13. The van der Waals surface area contributed by atoms with Gasteiger partial charge in [-0.1, -0.05) is 24.3 Å². The molecular weight excluding hydrogens is 340 g/mol. The van der Waals surface area contributed by atoms with Gasteiger partial charge in [0.1, 0.15) is 18.1 Å². The predicted molar refractivity (Wildman–Crippen MR) is 93.3 cm³/mol. The van der Waals surface area contributed by atoms with E-state index in [1.807, 2.05) is 0 Å². The zero-order chi connectivity index (χ0) is 19.1. The summed E-state index contributed by atoms with van der Waals surface area (Å²) in [5.41, 5.74) is 0.870. The van der Waals surface area contributed by atoms with E-state index in [1.54, 1.807) is 36.4 Å². The van der Waals surface area contributed by atoms with E-state index < -0.39 is 16.8 Å². The van der Waals surface area contributed by atoms with Gasteiger partial charge in [0, 0.05) is 19.1 Å². The molecule has 0 heterocycles. The standard InChI is InChI=1S/C18H16N2O6/c1-12(21)19-17(18(22)23)10-13-4-3-7-16(9-13)26-11-14-5-2-6-15(8-14)20(24)25/h2-10H,11H2,1H3,(H,19,21)(H,22,23). The average molecular weight is 356 g/mol. The molecule has 1 amide bonds. The molecule has 2 aromatic rings. The maximum absolute atomic E-state index is 11.2. The van der Waals surface area contributed by atoms with Crippen molar-refractivity contribution in [2.45, 2.75) is 13.5 Å². The average Bonchev–Trinajstić information content (AvgIpc) is 2.59. The third-order valence-electron chi connectivity index (χ3n) is 3.24. The van der Waals surface area contributed by atoms with Crippen LogP contribution in [0.5, 0.6) is 5.75 Å². The number of aliphatic carboxylic acids is 1. The quantitative estimate of drug-likeness (QED) is 0.447. The van der Waals surface area contributed by atoms with Gasteiger partial charge >= 0.3 is 5.97 Å². The summed E-state index contributed by atoms with van der Waals surface area (Å²) < 4.78 is 5.60. The Morgan fingerprint density at radius 2 is 1.96 bits per heavy atom. The van der Waals surface area contributed by atoms with Crippen LogP contribution in [0.1, 0.15) is 18.1 Å². The second-order valence-corrected chi connectivity index (χ2v) is 5.33. The number of non-ortho nitro benzene ring substituents is 1. The number of nitro groups is 1. The fraction of sp³-hybridized carbons (Fsp3) is 0.111. The van der Waals surface area contributed by atoms with Gasteiger partial charge in [0.15, 0.2) is 0 Å². The molecule has 2 aromatic carbocycles.